The number of rotatable bonds is 8. The van der Waals surface area contributed by atoms with Crippen molar-refractivity contribution < 1.29 is 32.3 Å². The van der Waals surface area contributed by atoms with Crippen LogP contribution in [0, 0.1) is 5.41 Å². The van der Waals surface area contributed by atoms with Gasteiger partial charge in [-0.3, -0.25) is 15.0 Å². The summed E-state index contributed by atoms with van der Waals surface area (Å²) in [6.07, 6.45) is 3.10. The SMILES string of the molecule is C[C@@H](NC(=O)C1CCCN1C(=O)CNC(=C1CC1)c1ccc2c(c1)-c1ccccc1C2(F)F)c1cc(C(=N)N)cs1.OC(F)F. The van der Waals surface area contributed by atoms with Crippen molar-refractivity contribution in [3.8, 4) is 11.1 Å². The quantitative estimate of drug-likeness (QED) is 0.129. The first-order valence-electron chi connectivity index (χ1n) is 14.5. The standard InChI is InChI=1S/C31H31F2N5O2S.CH2F2O/c1-17(26-14-20(16-41-26)29(34)35)37-30(40)25-7-4-12-38(25)27(39)15-36-28(18-8-9-18)19-10-11-24-22(13-19)21-5-2-3-6-23(21)31(24,32)33;2-1(3)4/h2-3,5-6,10-11,13-14,16-17,25,36H,4,7-9,12,15H2,1H3,(H3,34,35)(H,37,40);1,4H/t17-,25?;/m1./s1. The molecule has 0 bridgehead atoms. The number of nitrogens with two attached hydrogens (primary N) is 1. The molecule has 1 aromatic heterocycles. The van der Waals surface area contributed by atoms with Crippen molar-refractivity contribution in [3.05, 3.63) is 86.6 Å². The van der Waals surface area contributed by atoms with Crippen molar-refractivity contribution in [2.45, 2.75) is 57.2 Å². The van der Waals surface area contributed by atoms with Gasteiger partial charge in [-0.1, -0.05) is 36.4 Å². The monoisotopic (exact) mass is 643 g/mol. The number of nitrogens with zero attached hydrogens (tertiary/aromatic N) is 1. The molecule has 2 aliphatic carbocycles. The molecule has 2 amide bonds. The van der Waals surface area contributed by atoms with E-state index >= 15 is 8.78 Å². The number of aliphatic hydroxyl groups excluding tert-OH is 1. The molecule has 45 heavy (non-hydrogen) atoms. The summed E-state index contributed by atoms with van der Waals surface area (Å²) in [6, 6.07) is 12.5. The smallest absolute Gasteiger partial charge is 0.342 e. The van der Waals surface area contributed by atoms with Gasteiger partial charge in [-0.25, -0.2) is 0 Å². The van der Waals surface area contributed by atoms with Crippen LogP contribution in [-0.4, -0.2) is 53.4 Å². The third kappa shape index (κ3) is 6.89. The average Bonchev–Trinajstić information content (AvgIpc) is 3.40. The number of fused-ring (bicyclic) bond motifs is 3. The van der Waals surface area contributed by atoms with Crippen LogP contribution >= 0.6 is 11.3 Å². The molecule has 2 heterocycles. The number of hydrogen-bond donors (Lipinski definition) is 5. The Balaban J connectivity index is 0.000000945. The van der Waals surface area contributed by atoms with Crippen LogP contribution in [0.3, 0.4) is 0 Å². The van der Waals surface area contributed by atoms with Gasteiger partial charge in [0.15, 0.2) is 0 Å². The topological polar surface area (TPSA) is 132 Å². The minimum Gasteiger partial charge on any atom is -0.384 e. The van der Waals surface area contributed by atoms with Crippen LogP contribution in [0.5, 0.6) is 0 Å². The van der Waals surface area contributed by atoms with E-state index in [-0.39, 0.29) is 41.4 Å². The molecule has 0 spiro atoms. The number of alkyl halides is 4. The lowest BCUT2D eigenvalue weighted by molar-refractivity contribution is -0.137. The van der Waals surface area contributed by atoms with Crippen LogP contribution in [0.4, 0.5) is 17.6 Å². The minimum absolute atomic E-state index is 0.00103. The fraction of sp³-hybridized carbons (Fsp3) is 0.344. The molecule has 2 atom stereocenters. The Morgan fingerprint density at radius 2 is 1.80 bits per heavy atom. The second-order valence-electron chi connectivity index (χ2n) is 11.1. The molecule has 6 rings (SSSR count). The molecular weight excluding hydrogens is 610 g/mol. The molecule has 8 nitrogen and oxygen atoms in total. The number of carbonyl (C=O) groups is 2. The normalized spacial score (nSPS) is 18.0. The summed E-state index contributed by atoms with van der Waals surface area (Å²) >= 11 is 1.43. The molecule has 1 saturated carbocycles. The number of benzene rings is 2. The van der Waals surface area contributed by atoms with E-state index in [1.807, 2.05) is 6.92 Å². The first kappa shape index (κ1) is 32.2. The summed E-state index contributed by atoms with van der Waals surface area (Å²) in [4.78, 5) is 29.0. The van der Waals surface area contributed by atoms with Crippen LogP contribution in [0.2, 0.25) is 0 Å². The number of allylic oxidation sites excluding steroid dienone is 1. The van der Waals surface area contributed by atoms with Gasteiger partial charge in [0.1, 0.15) is 11.9 Å². The number of nitrogen functional groups attached to an aromatic ring is 1. The Labute approximate surface area is 261 Å². The molecule has 6 N–H and O–H groups in total. The van der Waals surface area contributed by atoms with E-state index in [9.17, 15) is 18.4 Å². The first-order chi connectivity index (χ1) is 21.4. The Bertz CT molecular complexity index is 1650. The number of carbonyl (C=O) groups excluding carboxylic acids is 2. The van der Waals surface area contributed by atoms with Crippen molar-refractivity contribution in [3.63, 3.8) is 0 Å². The highest BCUT2D eigenvalue weighted by Crippen LogP contribution is 2.51. The Kier molecular flexibility index (Phi) is 9.31. The zero-order valence-electron chi connectivity index (χ0n) is 24.4. The predicted octanol–water partition coefficient (Wildman–Crippen LogP) is 5.32. The highest BCUT2D eigenvalue weighted by molar-refractivity contribution is 7.10. The van der Waals surface area contributed by atoms with Crippen LogP contribution in [0.1, 0.15) is 65.8 Å². The van der Waals surface area contributed by atoms with Gasteiger partial charge < -0.3 is 26.4 Å². The van der Waals surface area contributed by atoms with Gasteiger partial charge >= 0.3 is 6.61 Å². The molecule has 1 saturated heterocycles. The number of hydrogen-bond acceptors (Lipinski definition) is 6. The van der Waals surface area contributed by atoms with E-state index in [4.69, 9.17) is 16.2 Å². The van der Waals surface area contributed by atoms with E-state index in [2.05, 4.69) is 10.6 Å². The van der Waals surface area contributed by atoms with E-state index in [1.54, 1.807) is 46.7 Å². The Morgan fingerprint density at radius 1 is 1.11 bits per heavy atom. The average molecular weight is 644 g/mol. The zero-order chi connectivity index (χ0) is 32.5. The van der Waals surface area contributed by atoms with Gasteiger partial charge in [-0.2, -0.15) is 17.6 Å². The van der Waals surface area contributed by atoms with Gasteiger partial charge in [-0.15, -0.1) is 11.3 Å². The zero-order valence-corrected chi connectivity index (χ0v) is 25.2. The van der Waals surface area contributed by atoms with Gasteiger partial charge in [-0.05, 0) is 67.0 Å². The molecule has 238 valence electrons. The molecular formula is C32H33F4N5O3S. The first-order valence-corrected chi connectivity index (χ1v) is 15.3. The van der Waals surface area contributed by atoms with Gasteiger partial charge in [0.05, 0.1) is 12.6 Å². The van der Waals surface area contributed by atoms with Crippen LogP contribution in [0.25, 0.3) is 16.8 Å². The Morgan fingerprint density at radius 3 is 2.47 bits per heavy atom. The minimum atomic E-state index is -3.17. The molecule has 2 fully saturated rings. The largest absolute Gasteiger partial charge is 0.384 e. The molecule has 0 radical (unpaired) electrons. The van der Waals surface area contributed by atoms with Crippen molar-refractivity contribution >= 4 is 34.7 Å². The van der Waals surface area contributed by atoms with Crippen LogP contribution in [-0.2, 0) is 15.5 Å². The second kappa shape index (κ2) is 13.0. The number of nitrogens with one attached hydrogen (secondary N) is 3. The van der Waals surface area contributed by atoms with Crippen molar-refractivity contribution in [2.75, 3.05) is 13.1 Å². The molecule has 13 heteroatoms. The maximum absolute atomic E-state index is 15.0. The summed E-state index contributed by atoms with van der Waals surface area (Å²) < 4.78 is 49.9. The predicted molar refractivity (Wildman–Crippen MR) is 164 cm³/mol. The second-order valence-corrected chi connectivity index (χ2v) is 12.1. The molecule has 2 aromatic carbocycles. The fourth-order valence-electron chi connectivity index (χ4n) is 5.78. The van der Waals surface area contributed by atoms with Crippen LogP contribution < -0.4 is 16.4 Å². The Hall–Kier alpha value is -4.23. The molecule has 3 aromatic rings. The number of halogens is 4. The van der Waals surface area contributed by atoms with Gasteiger partial charge in [0.25, 0.3) is 5.92 Å². The van der Waals surface area contributed by atoms with E-state index in [0.717, 1.165) is 41.0 Å². The van der Waals surface area contributed by atoms with Crippen molar-refractivity contribution in [1.29, 1.82) is 5.41 Å². The number of amidine groups is 1. The van der Waals surface area contributed by atoms with Crippen molar-refractivity contribution in [1.82, 2.24) is 15.5 Å². The number of likely N-dealkylation sites (tertiary alicyclic amines) is 1. The third-order valence-corrected chi connectivity index (χ3v) is 9.18. The lowest BCUT2D eigenvalue weighted by Crippen LogP contribution is -2.48. The highest BCUT2D eigenvalue weighted by atomic mass is 32.1. The highest BCUT2D eigenvalue weighted by Gasteiger charge is 2.44. The fourth-order valence-corrected chi connectivity index (χ4v) is 6.70. The van der Waals surface area contributed by atoms with E-state index in [1.165, 1.54) is 23.5 Å². The summed E-state index contributed by atoms with van der Waals surface area (Å²) in [5.74, 6) is -3.44. The van der Waals surface area contributed by atoms with Gasteiger partial charge in [0.2, 0.25) is 11.8 Å². The van der Waals surface area contributed by atoms with Crippen molar-refractivity contribution in [2.24, 2.45) is 5.73 Å². The lowest BCUT2D eigenvalue weighted by Gasteiger charge is -2.26. The summed E-state index contributed by atoms with van der Waals surface area (Å²) in [5, 5.41) is 22.4. The third-order valence-electron chi connectivity index (χ3n) is 8.06. The molecule has 1 aliphatic heterocycles. The number of thiophene rings is 1. The van der Waals surface area contributed by atoms with Gasteiger partial charge in [0, 0.05) is 39.2 Å². The maximum Gasteiger partial charge on any atom is 0.342 e. The van der Waals surface area contributed by atoms with E-state index in [0.29, 0.717) is 29.7 Å². The number of amides is 2. The maximum atomic E-state index is 15.0. The van der Waals surface area contributed by atoms with E-state index < -0.39 is 18.6 Å². The summed E-state index contributed by atoms with van der Waals surface area (Å²) in [7, 11) is 0. The molecule has 3 aliphatic rings. The molecule has 1 unspecified atom stereocenters. The summed E-state index contributed by atoms with van der Waals surface area (Å²) in [6.45, 7) is -0.790. The number of aliphatic hydroxyl groups is 1. The summed E-state index contributed by atoms with van der Waals surface area (Å²) in [5.41, 5.74) is 9.99. The lowest BCUT2D eigenvalue weighted by atomic mass is 10.0. The van der Waals surface area contributed by atoms with Crippen LogP contribution in [0.15, 0.2) is 59.5 Å².